The van der Waals surface area contributed by atoms with Crippen molar-refractivity contribution in [2.45, 2.75) is 71.3 Å². The number of carbonyl (C=O) groups is 1. The maximum Gasteiger partial charge on any atom is 0.234 e. The van der Waals surface area contributed by atoms with Gasteiger partial charge in [0.05, 0.1) is 6.54 Å². The Balaban J connectivity index is 1.26. The Bertz CT molecular complexity index is 656. The van der Waals surface area contributed by atoms with Gasteiger partial charge in [0.1, 0.15) is 0 Å². The predicted octanol–water partition coefficient (Wildman–Crippen LogP) is 3.59. The molecule has 2 N–H and O–H groups in total. The largest absolute Gasteiger partial charge is 0.352 e. The summed E-state index contributed by atoms with van der Waals surface area (Å²) in [5, 5.41) is 6.89. The van der Waals surface area contributed by atoms with E-state index in [1.165, 1.54) is 51.4 Å². The maximum absolute atomic E-state index is 12.8. The van der Waals surface area contributed by atoms with E-state index in [2.05, 4.69) is 41.5 Å². The van der Waals surface area contributed by atoms with Crippen LogP contribution in [0.15, 0.2) is 12.2 Å². The lowest BCUT2D eigenvalue weighted by Gasteiger charge is -2.59. The summed E-state index contributed by atoms with van der Waals surface area (Å²) in [6.07, 6.45) is 15.6. The van der Waals surface area contributed by atoms with Gasteiger partial charge in [-0.3, -0.25) is 9.69 Å². The van der Waals surface area contributed by atoms with Crippen LogP contribution in [0.3, 0.4) is 0 Å². The summed E-state index contributed by atoms with van der Waals surface area (Å²) in [6, 6.07) is 0.389. The molecule has 1 amide bonds. The summed E-state index contributed by atoms with van der Waals surface area (Å²) in [5.74, 6) is 3.77. The molecule has 4 aliphatic carbocycles. The van der Waals surface area contributed by atoms with E-state index in [1.807, 2.05) is 0 Å². The van der Waals surface area contributed by atoms with Gasteiger partial charge < -0.3 is 10.6 Å². The molecule has 0 aromatic rings. The van der Waals surface area contributed by atoms with Crippen LogP contribution < -0.4 is 10.6 Å². The molecule has 4 fully saturated rings. The third kappa shape index (κ3) is 3.39. The number of nitrogens with zero attached hydrogens (tertiary/aromatic N) is 1. The van der Waals surface area contributed by atoms with Crippen molar-refractivity contribution in [3.8, 4) is 0 Å². The monoisotopic (exact) mass is 399 g/mol. The second-order valence-corrected chi connectivity index (χ2v) is 11.3. The van der Waals surface area contributed by atoms with E-state index in [-0.39, 0.29) is 5.91 Å². The maximum atomic E-state index is 12.8. The average molecular weight is 400 g/mol. The van der Waals surface area contributed by atoms with Crippen LogP contribution in [0.1, 0.15) is 65.2 Å². The molecule has 4 nitrogen and oxygen atoms in total. The van der Waals surface area contributed by atoms with Crippen LogP contribution in [0, 0.1) is 34.5 Å². The van der Waals surface area contributed by atoms with Crippen molar-refractivity contribution in [1.82, 2.24) is 15.5 Å². The first-order valence-corrected chi connectivity index (χ1v) is 12.4. The van der Waals surface area contributed by atoms with Gasteiger partial charge in [0.15, 0.2) is 0 Å². The van der Waals surface area contributed by atoms with Gasteiger partial charge in [-0.2, -0.15) is 0 Å². The minimum absolute atomic E-state index is 0.258. The molecule has 1 saturated heterocycles. The van der Waals surface area contributed by atoms with Gasteiger partial charge >= 0.3 is 0 Å². The van der Waals surface area contributed by atoms with Crippen molar-refractivity contribution in [1.29, 1.82) is 0 Å². The topological polar surface area (TPSA) is 44.4 Å². The quantitative estimate of drug-likeness (QED) is 0.713. The molecule has 3 saturated carbocycles. The van der Waals surface area contributed by atoms with Gasteiger partial charge in [0.2, 0.25) is 5.91 Å². The highest BCUT2D eigenvalue weighted by Crippen LogP contribution is 2.65. The standard InChI is InChI=1S/C25H41N3O/c1-24-11-4-3-5-18(24)6-7-19-20-8-9-22(25(20,2)12-10-21(19)24)27-23(29)17-28-15-13-26-14-16-28/h3-4,18-22,26H,5-17H2,1-2H3,(H,27,29)/t18-,19+,20+,21+,22+,24+,25+/m1/s1. The number of hydrogen-bond donors (Lipinski definition) is 2. The molecule has 5 aliphatic rings. The number of carbonyl (C=O) groups excluding carboxylic acids is 1. The number of rotatable bonds is 3. The first kappa shape index (κ1) is 20.1. The van der Waals surface area contributed by atoms with Gasteiger partial charge in [0.25, 0.3) is 0 Å². The Hall–Kier alpha value is -0.870. The Morgan fingerprint density at radius 3 is 2.66 bits per heavy atom. The van der Waals surface area contributed by atoms with Crippen molar-refractivity contribution in [3.63, 3.8) is 0 Å². The molecule has 7 atom stereocenters. The lowest BCUT2D eigenvalue weighted by atomic mass is 9.46. The van der Waals surface area contributed by atoms with Crippen molar-refractivity contribution >= 4 is 5.91 Å². The minimum atomic E-state index is 0.258. The van der Waals surface area contributed by atoms with Crippen LogP contribution in [0.4, 0.5) is 0 Å². The van der Waals surface area contributed by atoms with Gasteiger partial charge in [-0.05, 0) is 85.9 Å². The fourth-order valence-corrected chi connectivity index (χ4v) is 8.39. The summed E-state index contributed by atoms with van der Waals surface area (Å²) in [4.78, 5) is 15.1. The normalized spacial score (nSPS) is 47.2. The van der Waals surface area contributed by atoms with E-state index >= 15 is 0 Å². The second kappa shape index (κ2) is 7.67. The molecule has 29 heavy (non-hydrogen) atoms. The summed E-state index contributed by atoms with van der Waals surface area (Å²) in [5.41, 5.74) is 0.844. The predicted molar refractivity (Wildman–Crippen MR) is 117 cm³/mol. The summed E-state index contributed by atoms with van der Waals surface area (Å²) in [6.45, 7) is 9.72. The fourth-order valence-electron chi connectivity index (χ4n) is 8.39. The van der Waals surface area contributed by atoms with Crippen LogP contribution in [-0.2, 0) is 4.79 Å². The zero-order chi connectivity index (χ0) is 20.1. The minimum Gasteiger partial charge on any atom is -0.352 e. The summed E-state index contributed by atoms with van der Waals surface area (Å²) in [7, 11) is 0. The van der Waals surface area contributed by atoms with Gasteiger partial charge in [-0.25, -0.2) is 0 Å². The molecule has 0 aromatic heterocycles. The smallest absolute Gasteiger partial charge is 0.234 e. The van der Waals surface area contributed by atoms with Crippen LogP contribution in [-0.4, -0.2) is 49.6 Å². The molecule has 162 valence electrons. The highest BCUT2D eigenvalue weighted by Gasteiger charge is 2.59. The zero-order valence-corrected chi connectivity index (χ0v) is 18.6. The van der Waals surface area contributed by atoms with Gasteiger partial charge in [0, 0.05) is 32.2 Å². The molecular weight excluding hydrogens is 358 g/mol. The molecule has 5 rings (SSSR count). The number of allylic oxidation sites excluding steroid dienone is 2. The third-order valence-corrected chi connectivity index (χ3v) is 10.1. The van der Waals surface area contributed by atoms with Crippen LogP contribution in [0.2, 0.25) is 0 Å². The Morgan fingerprint density at radius 1 is 1.03 bits per heavy atom. The molecule has 0 unspecified atom stereocenters. The van der Waals surface area contributed by atoms with Crippen LogP contribution in [0.25, 0.3) is 0 Å². The molecule has 0 aromatic carbocycles. The number of nitrogens with one attached hydrogen (secondary N) is 2. The van der Waals surface area contributed by atoms with Crippen molar-refractivity contribution in [3.05, 3.63) is 12.2 Å². The van der Waals surface area contributed by atoms with Crippen LogP contribution >= 0.6 is 0 Å². The zero-order valence-electron chi connectivity index (χ0n) is 18.6. The number of hydrogen-bond acceptors (Lipinski definition) is 3. The van der Waals surface area contributed by atoms with Gasteiger partial charge in [-0.1, -0.05) is 26.0 Å². The Labute approximate surface area is 177 Å². The van der Waals surface area contributed by atoms with Gasteiger partial charge in [-0.15, -0.1) is 0 Å². The van der Waals surface area contributed by atoms with E-state index < -0.39 is 0 Å². The van der Waals surface area contributed by atoms with E-state index in [4.69, 9.17) is 0 Å². The Kier molecular flexibility index (Phi) is 5.31. The SMILES string of the molecule is C[C@]12CC=CC[C@@H]1CC[C@@H]1[C@@H]2CC[C@]2(C)[C@@H](NC(=O)CN3CCNCC3)CC[C@@H]12. The molecule has 1 heterocycles. The van der Waals surface area contributed by atoms with Crippen molar-refractivity contribution in [2.75, 3.05) is 32.7 Å². The highest BCUT2D eigenvalue weighted by molar-refractivity contribution is 5.78. The molecule has 4 heteroatoms. The van der Waals surface area contributed by atoms with Crippen molar-refractivity contribution < 1.29 is 4.79 Å². The molecule has 1 aliphatic heterocycles. The van der Waals surface area contributed by atoms with E-state index in [0.717, 1.165) is 49.9 Å². The molecule has 0 bridgehead atoms. The first-order valence-electron chi connectivity index (χ1n) is 12.4. The summed E-state index contributed by atoms with van der Waals surface area (Å²) >= 11 is 0. The van der Waals surface area contributed by atoms with E-state index in [1.54, 1.807) is 0 Å². The number of piperazine rings is 1. The molecular formula is C25H41N3O. The average Bonchev–Trinajstić information content (AvgIpc) is 3.04. The molecule has 0 radical (unpaired) electrons. The van der Waals surface area contributed by atoms with E-state index in [0.29, 0.717) is 23.4 Å². The second-order valence-electron chi connectivity index (χ2n) is 11.3. The number of fused-ring (bicyclic) bond motifs is 5. The highest BCUT2D eigenvalue weighted by atomic mass is 16.2. The summed E-state index contributed by atoms with van der Waals surface area (Å²) < 4.78 is 0. The fraction of sp³-hybridized carbons (Fsp3) is 0.880. The van der Waals surface area contributed by atoms with Crippen molar-refractivity contribution in [2.24, 2.45) is 34.5 Å². The Morgan fingerprint density at radius 2 is 1.83 bits per heavy atom. The third-order valence-electron chi connectivity index (χ3n) is 10.1. The van der Waals surface area contributed by atoms with Crippen LogP contribution in [0.5, 0.6) is 0 Å². The first-order chi connectivity index (χ1) is 14.0. The van der Waals surface area contributed by atoms with E-state index in [9.17, 15) is 4.79 Å². The number of amides is 1. The lowest BCUT2D eigenvalue weighted by molar-refractivity contribution is -0.125. The lowest BCUT2D eigenvalue weighted by Crippen LogP contribution is -2.56. The molecule has 0 spiro atoms.